The molecule has 1 N–H and O–H groups in total. The topological polar surface area (TPSA) is 89.5 Å². The third-order valence-corrected chi connectivity index (χ3v) is 6.94. The molecule has 138 valence electrons. The van der Waals surface area contributed by atoms with Crippen molar-refractivity contribution in [2.75, 3.05) is 17.3 Å². The summed E-state index contributed by atoms with van der Waals surface area (Å²) in [5.41, 5.74) is 0.728. The summed E-state index contributed by atoms with van der Waals surface area (Å²) in [5, 5.41) is 2.51. The van der Waals surface area contributed by atoms with Gasteiger partial charge in [-0.3, -0.25) is 9.59 Å². The number of hydrogen-bond acceptors (Lipinski definition) is 6. The second-order valence-electron chi connectivity index (χ2n) is 5.81. The number of sulfone groups is 1. The van der Waals surface area contributed by atoms with Crippen LogP contribution in [0.3, 0.4) is 0 Å². The van der Waals surface area contributed by atoms with E-state index in [1.807, 2.05) is 0 Å². The Bertz CT molecular complexity index is 721. The Hall–Kier alpha value is -1.61. The van der Waals surface area contributed by atoms with Crippen LogP contribution in [0, 0.1) is 5.82 Å². The highest BCUT2D eigenvalue weighted by Gasteiger charge is 2.29. The number of nitrogens with one attached hydrogen (secondary N) is 1. The van der Waals surface area contributed by atoms with Crippen molar-refractivity contribution < 1.29 is 27.1 Å². The average Bonchev–Trinajstić information content (AvgIpc) is 2.91. The first kappa shape index (κ1) is 19.7. The summed E-state index contributed by atoms with van der Waals surface area (Å²) in [6.45, 7) is 1.66. The molecule has 25 heavy (non-hydrogen) atoms. The van der Waals surface area contributed by atoms with Crippen molar-refractivity contribution in [1.29, 1.82) is 0 Å². The zero-order chi connectivity index (χ0) is 18.4. The summed E-state index contributed by atoms with van der Waals surface area (Å²) < 4.78 is 40.6. The lowest BCUT2D eigenvalue weighted by Crippen LogP contribution is -2.35. The van der Waals surface area contributed by atoms with Crippen molar-refractivity contribution in [3.8, 4) is 0 Å². The van der Waals surface area contributed by atoms with Crippen LogP contribution in [0.2, 0.25) is 0 Å². The van der Waals surface area contributed by atoms with E-state index < -0.39 is 27.8 Å². The van der Waals surface area contributed by atoms with Crippen LogP contribution in [0.4, 0.5) is 4.39 Å². The standard InChI is InChI=1S/C16H20FNO5S2/c1-11(16(20)18-8-12-2-4-13(17)5-3-12)23-15(19)9-24-14-6-7-25(21,22)10-14/h2-5,11,14H,6-10H2,1H3,(H,18,20)/t11-,14-/m0/s1. The summed E-state index contributed by atoms with van der Waals surface area (Å²) in [4.78, 5) is 23.7. The molecule has 1 aromatic carbocycles. The molecule has 1 amide bonds. The van der Waals surface area contributed by atoms with E-state index in [1.54, 1.807) is 12.1 Å². The van der Waals surface area contributed by atoms with E-state index in [1.165, 1.54) is 30.8 Å². The second-order valence-corrected chi connectivity index (χ2v) is 9.33. The van der Waals surface area contributed by atoms with Crippen LogP contribution < -0.4 is 5.32 Å². The van der Waals surface area contributed by atoms with E-state index in [4.69, 9.17) is 4.74 Å². The molecule has 1 saturated heterocycles. The van der Waals surface area contributed by atoms with Gasteiger partial charge in [-0.15, -0.1) is 11.8 Å². The highest BCUT2D eigenvalue weighted by molar-refractivity contribution is 8.02. The van der Waals surface area contributed by atoms with Gasteiger partial charge in [0.2, 0.25) is 0 Å². The van der Waals surface area contributed by atoms with Crippen molar-refractivity contribution in [3.63, 3.8) is 0 Å². The lowest BCUT2D eigenvalue weighted by molar-refractivity contribution is -0.152. The molecule has 0 saturated carbocycles. The van der Waals surface area contributed by atoms with Crippen LogP contribution in [0.15, 0.2) is 24.3 Å². The lowest BCUT2D eigenvalue weighted by Gasteiger charge is -2.14. The Balaban J connectivity index is 1.69. The Labute approximate surface area is 150 Å². The van der Waals surface area contributed by atoms with Crippen LogP contribution in [-0.2, 0) is 30.7 Å². The SMILES string of the molecule is C[C@H](OC(=O)CS[C@H]1CCS(=O)(=O)C1)C(=O)NCc1ccc(F)cc1. The van der Waals surface area contributed by atoms with Gasteiger partial charge in [-0.05, 0) is 31.0 Å². The molecule has 2 rings (SSSR count). The molecule has 0 aliphatic carbocycles. The number of carbonyl (C=O) groups is 2. The minimum Gasteiger partial charge on any atom is -0.452 e. The van der Waals surface area contributed by atoms with Crippen molar-refractivity contribution in [2.24, 2.45) is 0 Å². The van der Waals surface area contributed by atoms with E-state index >= 15 is 0 Å². The van der Waals surface area contributed by atoms with E-state index in [2.05, 4.69) is 5.32 Å². The second kappa shape index (κ2) is 8.66. The van der Waals surface area contributed by atoms with Crippen LogP contribution in [0.5, 0.6) is 0 Å². The van der Waals surface area contributed by atoms with Crippen molar-refractivity contribution >= 4 is 33.5 Å². The summed E-state index contributed by atoms with van der Waals surface area (Å²) in [6, 6.07) is 5.70. The van der Waals surface area contributed by atoms with Crippen molar-refractivity contribution in [2.45, 2.75) is 31.2 Å². The zero-order valence-electron chi connectivity index (χ0n) is 13.7. The summed E-state index contributed by atoms with van der Waals surface area (Å²) >= 11 is 1.24. The number of esters is 1. The number of hydrogen-bond donors (Lipinski definition) is 1. The van der Waals surface area contributed by atoms with Gasteiger partial charge in [-0.1, -0.05) is 12.1 Å². The molecule has 1 heterocycles. The number of amides is 1. The van der Waals surface area contributed by atoms with Gasteiger partial charge in [0.15, 0.2) is 15.9 Å². The fourth-order valence-corrected chi connectivity index (χ4v) is 5.72. The maximum absolute atomic E-state index is 12.8. The highest BCUT2D eigenvalue weighted by atomic mass is 32.2. The normalized spacial score (nSPS) is 20.0. The molecule has 1 fully saturated rings. The molecule has 1 aliphatic heterocycles. The van der Waals surface area contributed by atoms with Gasteiger partial charge < -0.3 is 10.1 Å². The van der Waals surface area contributed by atoms with Crippen LogP contribution in [0.25, 0.3) is 0 Å². The van der Waals surface area contributed by atoms with E-state index in [-0.39, 0.29) is 34.9 Å². The first-order valence-corrected chi connectivity index (χ1v) is 10.7. The van der Waals surface area contributed by atoms with Gasteiger partial charge in [-0.2, -0.15) is 0 Å². The molecular formula is C16H20FNO5S2. The number of ether oxygens (including phenoxy) is 1. The average molecular weight is 389 g/mol. The van der Waals surface area contributed by atoms with Crippen LogP contribution in [-0.4, -0.2) is 48.9 Å². The highest BCUT2D eigenvalue weighted by Crippen LogP contribution is 2.24. The van der Waals surface area contributed by atoms with Gasteiger partial charge in [-0.25, -0.2) is 12.8 Å². The number of halogens is 1. The van der Waals surface area contributed by atoms with Gasteiger partial charge in [0.1, 0.15) is 5.82 Å². The molecular weight excluding hydrogens is 369 g/mol. The van der Waals surface area contributed by atoms with E-state index in [0.717, 1.165) is 5.56 Å². The molecule has 0 aromatic heterocycles. The monoisotopic (exact) mass is 389 g/mol. The minimum absolute atomic E-state index is 0.00969. The first-order valence-electron chi connectivity index (χ1n) is 7.79. The smallest absolute Gasteiger partial charge is 0.316 e. The maximum atomic E-state index is 12.8. The number of benzene rings is 1. The fourth-order valence-electron chi connectivity index (χ4n) is 2.30. The molecule has 2 atom stereocenters. The molecule has 0 spiro atoms. The van der Waals surface area contributed by atoms with Crippen LogP contribution in [0.1, 0.15) is 18.9 Å². The van der Waals surface area contributed by atoms with Gasteiger partial charge in [0.25, 0.3) is 5.91 Å². The molecule has 0 unspecified atom stereocenters. The first-order chi connectivity index (χ1) is 11.7. The lowest BCUT2D eigenvalue weighted by atomic mass is 10.2. The Kier molecular flexibility index (Phi) is 6.83. The third-order valence-electron chi connectivity index (χ3n) is 3.68. The van der Waals surface area contributed by atoms with Crippen LogP contribution >= 0.6 is 11.8 Å². The quantitative estimate of drug-likeness (QED) is 0.707. The molecule has 1 aromatic rings. The summed E-state index contributed by atoms with van der Waals surface area (Å²) in [6.07, 6.45) is -0.422. The Morgan fingerprint density at radius 2 is 2.04 bits per heavy atom. The molecule has 9 heteroatoms. The Morgan fingerprint density at radius 3 is 2.64 bits per heavy atom. The molecule has 0 bridgehead atoms. The predicted octanol–water partition coefficient (Wildman–Crippen LogP) is 1.29. The number of rotatable bonds is 7. The van der Waals surface area contributed by atoms with Crippen molar-refractivity contribution in [3.05, 3.63) is 35.6 Å². The van der Waals surface area contributed by atoms with Gasteiger partial charge >= 0.3 is 5.97 Å². The Morgan fingerprint density at radius 1 is 1.36 bits per heavy atom. The maximum Gasteiger partial charge on any atom is 0.316 e. The largest absolute Gasteiger partial charge is 0.452 e. The molecule has 0 radical (unpaired) electrons. The molecule has 6 nitrogen and oxygen atoms in total. The predicted molar refractivity (Wildman–Crippen MR) is 93.3 cm³/mol. The van der Waals surface area contributed by atoms with Gasteiger partial charge in [0.05, 0.1) is 17.3 Å². The van der Waals surface area contributed by atoms with Gasteiger partial charge in [0, 0.05) is 11.8 Å². The van der Waals surface area contributed by atoms with E-state index in [9.17, 15) is 22.4 Å². The minimum atomic E-state index is -2.98. The van der Waals surface area contributed by atoms with Crippen molar-refractivity contribution in [1.82, 2.24) is 5.32 Å². The fraction of sp³-hybridized carbons (Fsp3) is 0.500. The summed E-state index contributed by atoms with van der Waals surface area (Å²) in [7, 11) is -2.98. The third kappa shape index (κ3) is 6.66. The summed E-state index contributed by atoms with van der Waals surface area (Å²) in [5.74, 6) is -1.12. The number of carbonyl (C=O) groups excluding carboxylic acids is 2. The zero-order valence-corrected chi connectivity index (χ0v) is 15.4. The number of thioether (sulfide) groups is 1. The van der Waals surface area contributed by atoms with E-state index in [0.29, 0.717) is 6.42 Å². The molecule has 1 aliphatic rings.